The topological polar surface area (TPSA) is 51.8 Å². The Morgan fingerprint density at radius 2 is 2.31 bits per heavy atom. The molecule has 0 aromatic carbocycles. The summed E-state index contributed by atoms with van der Waals surface area (Å²) < 4.78 is 5.07. The van der Waals surface area contributed by atoms with Gasteiger partial charge in [-0.3, -0.25) is 4.98 Å². The fraction of sp³-hybridized carbons (Fsp3) is 0.364. The van der Waals surface area contributed by atoms with Crippen molar-refractivity contribution in [1.82, 2.24) is 15.1 Å². The SMILES string of the molecule is CCc1cccnc1-c1noc(CCCl)n1. The van der Waals surface area contributed by atoms with Crippen LogP contribution in [0.5, 0.6) is 0 Å². The predicted octanol–water partition coefficient (Wildman–Crippen LogP) is 2.48. The summed E-state index contributed by atoms with van der Waals surface area (Å²) in [7, 11) is 0. The molecular weight excluding hydrogens is 226 g/mol. The number of hydrogen-bond donors (Lipinski definition) is 0. The highest BCUT2D eigenvalue weighted by atomic mass is 35.5. The molecule has 5 heteroatoms. The normalized spacial score (nSPS) is 10.6. The molecule has 0 saturated carbocycles. The second-order valence-corrected chi connectivity index (χ2v) is 3.69. The van der Waals surface area contributed by atoms with Gasteiger partial charge in [-0.1, -0.05) is 18.1 Å². The Morgan fingerprint density at radius 3 is 3.06 bits per heavy atom. The number of alkyl halides is 1. The van der Waals surface area contributed by atoms with Crippen molar-refractivity contribution in [2.75, 3.05) is 5.88 Å². The van der Waals surface area contributed by atoms with Crippen LogP contribution in [0.4, 0.5) is 0 Å². The standard InChI is InChI=1S/C11H12ClN3O/c1-2-8-4-3-7-13-10(8)11-14-9(5-6-12)16-15-11/h3-4,7H,2,5-6H2,1H3. The zero-order valence-corrected chi connectivity index (χ0v) is 9.74. The van der Waals surface area contributed by atoms with Crippen LogP contribution in [0.3, 0.4) is 0 Å². The molecule has 0 aliphatic rings. The average molecular weight is 238 g/mol. The van der Waals surface area contributed by atoms with Crippen molar-refractivity contribution in [3.05, 3.63) is 29.8 Å². The first-order chi connectivity index (χ1) is 7.85. The minimum Gasteiger partial charge on any atom is -0.339 e. The summed E-state index contributed by atoms with van der Waals surface area (Å²) in [5, 5.41) is 3.91. The molecule has 84 valence electrons. The third-order valence-electron chi connectivity index (χ3n) is 2.26. The van der Waals surface area contributed by atoms with Crippen molar-refractivity contribution < 1.29 is 4.52 Å². The average Bonchev–Trinajstić information content (AvgIpc) is 2.78. The first-order valence-corrected chi connectivity index (χ1v) is 5.71. The summed E-state index contributed by atoms with van der Waals surface area (Å²) in [6.07, 6.45) is 3.21. The molecule has 0 fully saturated rings. The van der Waals surface area contributed by atoms with E-state index in [1.807, 2.05) is 12.1 Å². The Labute approximate surface area is 98.7 Å². The van der Waals surface area contributed by atoms with Crippen LogP contribution in [0, 0.1) is 0 Å². The quantitative estimate of drug-likeness (QED) is 0.767. The van der Waals surface area contributed by atoms with E-state index in [9.17, 15) is 0 Å². The van der Waals surface area contributed by atoms with Crippen molar-refractivity contribution in [2.45, 2.75) is 19.8 Å². The van der Waals surface area contributed by atoms with Crippen LogP contribution in [-0.4, -0.2) is 21.0 Å². The van der Waals surface area contributed by atoms with E-state index >= 15 is 0 Å². The van der Waals surface area contributed by atoms with Gasteiger partial charge in [0.05, 0.1) is 0 Å². The molecule has 2 aromatic rings. The summed E-state index contributed by atoms with van der Waals surface area (Å²) in [5.41, 5.74) is 1.90. The van der Waals surface area contributed by atoms with Crippen LogP contribution in [-0.2, 0) is 12.8 Å². The Morgan fingerprint density at radius 1 is 1.44 bits per heavy atom. The molecule has 2 aromatic heterocycles. The molecule has 0 saturated heterocycles. The first-order valence-electron chi connectivity index (χ1n) is 5.18. The maximum atomic E-state index is 5.61. The Bertz CT molecular complexity index is 470. The highest BCUT2D eigenvalue weighted by Crippen LogP contribution is 2.18. The van der Waals surface area contributed by atoms with Gasteiger partial charge in [0, 0.05) is 18.5 Å². The zero-order chi connectivity index (χ0) is 11.4. The summed E-state index contributed by atoms with van der Waals surface area (Å²) in [6.45, 7) is 2.07. The number of aromatic nitrogens is 3. The van der Waals surface area contributed by atoms with E-state index in [4.69, 9.17) is 16.1 Å². The number of aryl methyl sites for hydroxylation is 2. The van der Waals surface area contributed by atoms with Crippen molar-refractivity contribution in [3.63, 3.8) is 0 Å². The summed E-state index contributed by atoms with van der Waals surface area (Å²) in [6, 6.07) is 3.92. The lowest BCUT2D eigenvalue weighted by Crippen LogP contribution is -1.93. The molecular formula is C11H12ClN3O. The second kappa shape index (κ2) is 5.07. The molecule has 0 N–H and O–H groups in total. The van der Waals surface area contributed by atoms with E-state index in [0.29, 0.717) is 24.0 Å². The van der Waals surface area contributed by atoms with Crippen LogP contribution in [0.15, 0.2) is 22.9 Å². The van der Waals surface area contributed by atoms with Crippen LogP contribution in [0.25, 0.3) is 11.5 Å². The zero-order valence-electron chi connectivity index (χ0n) is 8.98. The van der Waals surface area contributed by atoms with Gasteiger partial charge in [-0.2, -0.15) is 4.98 Å². The van der Waals surface area contributed by atoms with E-state index in [-0.39, 0.29) is 0 Å². The van der Waals surface area contributed by atoms with E-state index in [0.717, 1.165) is 17.7 Å². The summed E-state index contributed by atoms with van der Waals surface area (Å²) in [5.74, 6) is 1.57. The lowest BCUT2D eigenvalue weighted by molar-refractivity contribution is 0.383. The Kier molecular flexibility index (Phi) is 3.51. The van der Waals surface area contributed by atoms with E-state index in [1.54, 1.807) is 6.20 Å². The molecule has 0 unspecified atom stereocenters. The van der Waals surface area contributed by atoms with Crippen molar-refractivity contribution in [3.8, 4) is 11.5 Å². The highest BCUT2D eigenvalue weighted by molar-refractivity contribution is 6.17. The number of pyridine rings is 1. The van der Waals surface area contributed by atoms with E-state index in [2.05, 4.69) is 22.0 Å². The Hall–Kier alpha value is -1.42. The van der Waals surface area contributed by atoms with Crippen molar-refractivity contribution >= 4 is 11.6 Å². The lowest BCUT2D eigenvalue weighted by Gasteiger charge is -2.00. The first kappa shape index (κ1) is 11.1. The second-order valence-electron chi connectivity index (χ2n) is 3.32. The number of rotatable bonds is 4. The maximum Gasteiger partial charge on any atom is 0.228 e. The lowest BCUT2D eigenvalue weighted by atomic mass is 10.1. The fourth-order valence-corrected chi connectivity index (χ4v) is 1.62. The van der Waals surface area contributed by atoms with Gasteiger partial charge < -0.3 is 4.52 Å². The van der Waals surface area contributed by atoms with Gasteiger partial charge in [-0.05, 0) is 18.1 Å². The summed E-state index contributed by atoms with van der Waals surface area (Å²) >= 11 is 5.61. The number of halogens is 1. The molecule has 2 rings (SSSR count). The smallest absolute Gasteiger partial charge is 0.228 e. The maximum absolute atomic E-state index is 5.61. The highest BCUT2D eigenvalue weighted by Gasteiger charge is 2.12. The minimum absolute atomic E-state index is 0.477. The van der Waals surface area contributed by atoms with Gasteiger partial charge in [0.25, 0.3) is 0 Å². The minimum atomic E-state index is 0.477. The van der Waals surface area contributed by atoms with Crippen LogP contribution in [0.1, 0.15) is 18.4 Å². The van der Waals surface area contributed by atoms with Gasteiger partial charge in [-0.25, -0.2) is 0 Å². The van der Waals surface area contributed by atoms with Crippen molar-refractivity contribution in [2.24, 2.45) is 0 Å². The predicted molar refractivity (Wildman–Crippen MR) is 61.3 cm³/mol. The van der Waals surface area contributed by atoms with Gasteiger partial charge in [0.1, 0.15) is 5.69 Å². The van der Waals surface area contributed by atoms with Crippen LogP contribution >= 0.6 is 11.6 Å². The molecule has 16 heavy (non-hydrogen) atoms. The molecule has 0 atom stereocenters. The molecule has 0 bridgehead atoms. The number of hydrogen-bond acceptors (Lipinski definition) is 4. The third-order valence-corrected chi connectivity index (χ3v) is 2.45. The third kappa shape index (κ3) is 2.22. The van der Waals surface area contributed by atoms with E-state index < -0.39 is 0 Å². The van der Waals surface area contributed by atoms with Gasteiger partial charge in [-0.15, -0.1) is 11.6 Å². The van der Waals surface area contributed by atoms with Gasteiger partial charge in [0.2, 0.25) is 11.7 Å². The molecule has 0 aliphatic heterocycles. The fourth-order valence-electron chi connectivity index (χ4n) is 1.46. The monoisotopic (exact) mass is 237 g/mol. The summed E-state index contributed by atoms with van der Waals surface area (Å²) in [4.78, 5) is 8.53. The number of nitrogens with zero attached hydrogens (tertiary/aromatic N) is 3. The van der Waals surface area contributed by atoms with E-state index in [1.165, 1.54) is 0 Å². The largest absolute Gasteiger partial charge is 0.339 e. The van der Waals surface area contributed by atoms with Gasteiger partial charge >= 0.3 is 0 Å². The molecule has 4 nitrogen and oxygen atoms in total. The van der Waals surface area contributed by atoms with Crippen molar-refractivity contribution in [1.29, 1.82) is 0 Å². The molecule has 0 radical (unpaired) electrons. The molecule has 0 spiro atoms. The van der Waals surface area contributed by atoms with Crippen LogP contribution in [0.2, 0.25) is 0 Å². The molecule has 0 amide bonds. The molecule has 2 heterocycles. The Balaban J connectivity index is 2.34. The van der Waals surface area contributed by atoms with Crippen LogP contribution < -0.4 is 0 Å². The van der Waals surface area contributed by atoms with Gasteiger partial charge in [0.15, 0.2) is 0 Å². The molecule has 0 aliphatic carbocycles.